The molecule has 1 unspecified atom stereocenters. The second kappa shape index (κ2) is 8.72. The van der Waals surface area contributed by atoms with Gasteiger partial charge in [0.15, 0.2) is 0 Å². The molecule has 6 nitrogen and oxygen atoms in total. The minimum atomic E-state index is -0.377. The molecule has 0 saturated carbocycles. The minimum Gasteiger partial charge on any atom is -0.393 e. The van der Waals surface area contributed by atoms with Gasteiger partial charge in [0, 0.05) is 32.4 Å². The van der Waals surface area contributed by atoms with E-state index in [0.717, 1.165) is 24.5 Å². The molecule has 1 saturated heterocycles. The van der Waals surface area contributed by atoms with Crippen LogP contribution in [0.1, 0.15) is 38.7 Å². The van der Waals surface area contributed by atoms with Crippen molar-refractivity contribution in [2.24, 2.45) is 5.92 Å². The van der Waals surface area contributed by atoms with Gasteiger partial charge in [-0.15, -0.1) is 0 Å². The van der Waals surface area contributed by atoms with Gasteiger partial charge in [0.1, 0.15) is 5.82 Å². The number of rotatable bonds is 7. The lowest BCUT2D eigenvalue weighted by molar-refractivity contribution is 0.116. The third-order valence-electron chi connectivity index (χ3n) is 4.19. The summed E-state index contributed by atoms with van der Waals surface area (Å²) in [4.78, 5) is 18.5. The van der Waals surface area contributed by atoms with Crippen LogP contribution in [0, 0.1) is 5.92 Å². The number of nitrogens with zero attached hydrogens (tertiary/aromatic N) is 2. The molecule has 1 aromatic rings. The molecule has 23 heavy (non-hydrogen) atoms. The number of aliphatic hydroxyl groups is 1. The molecule has 0 bridgehead atoms. The van der Waals surface area contributed by atoms with Crippen LogP contribution >= 0.6 is 0 Å². The molecule has 0 radical (unpaired) electrons. The molecule has 1 aliphatic heterocycles. The first-order valence-electron chi connectivity index (χ1n) is 8.46. The van der Waals surface area contributed by atoms with E-state index in [0.29, 0.717) is 19.5 Å². The first kappa shape index (κ1) is 17.5. The van der Waals surface area contributed by atoms with E-state index in [1.165, 1.54) is 12.8 Å². The Balaban J connectivity index is 1.67. The summed E-state index contributed by atoms with van der Waals surface area (Å²) in [6.07, 6.45) is 4.47. The van der Waals surface area contributed by atoms with Crippen molar-refractivity contribution >= 4 is 11.8 Å². The number of hydrogen-bond acceptors (Lipinski definition) is 4. The molecule has 0 aromatic carbocycles. The summed E-state index contributed by atoms with van der Waals surface area (Å²) >= 11 is 0. The van der Waals surface area contributed by atoms with Gasteiger partial charge in [-0.3, -0.25) is 0 Å². The smallest absolute Gasteiger partial charge is 0.315 e. The quantitative estimate of drug-likeness (QED) is 0.717. The van der Waals surface area contributed by atoms with Crippen LogP contribution in [0.2, 0.25) is 0 Å². The second-order valence-electron chi connectivity index (χ2n) is 6.43. The van der Waals surface area contributed by atoms with E-state index >= 15 is 0 Å². The lowest BCUT2D eigenvalue weighted by atomic mass is 10.0. The van der Waals surface area contributed by atoms with Gasteiger partial charge in [0.05, 0.1) is 6.10 Å². The lowest BCUT2D eigenvalue weighted by Crippen LogP contribution is -2.37. The zero-order valence-electron chi connectivity index (χ0n) is 14.1. The van der Waals surface area contributed by atoms with E-state index in [1.54, 1.807) is 0 Å². The number of carbonyl (C=O) groups is 1. The Hall–Kier alpha value is -1.82. The van der Waals surface area contributed by atoms with Gasteiger partial charge >= 0.3 is 6.03 Å². The Morgan fingerprint density at radius 1 is 1.30 bits per heavy atom. The summed E-state index contributed by atoms with van der Waals surface area (Å²) in [6.45, 7) is 7.00. The number of amides is 2. The molecular weight excluding hydrogens is 292 g/mol. The fraction of sp³-hybridized carbons (Fsp3) is 0.647. The molecular formula is C17H28N4O2. The van der Waals surface area contributed by atoms with Crippen LogP contribution in [0.3, 0.4) is 0 Å². The molecule has 0 aliphatic carbocycles. The molecule has 1 aromatic heterocycles. The van der Waals surface area contributed by atoms with E-state index < -0.39 is 0 Å². The molecule has 128 valence electrons. The van der Waals surface area contributed by atoms with Gasteiger partial charge in [-0.2, -0.15) is 0 Å². The number of anilines is 1. The number of pyridine rings is 1. The van der Waals surface area contributed by atoms with Crippen LogP contribution < -0.4 is 15.5 Å². The second-order valence-corrected chi connectivity index (χ2v) is 6.43. The summed E-state index contributed by atoms with van der Waals surface area (Å²) in [5, 5.41) is 15.2. The van der Waals surface area contributed by atoms with Crippen LogP contribution in [-0.4, -0.2) is 41.9 Å². The van der Waals surface area contributed by atoms with Gasteiger partial charge in [-0.05, 0) is 36.8 Å². The van der Waals surface area contributed by atoms with E-state index in [1.807, 2.05) is 32.2 Å². The molecule has 2 heterocycles. The Kier molecular flexibility index (Phi) is 6.65. The van der Waals surface area contributed by atoms with Crippen molar-refractivity contribution in [3.63, 3.8) is 0 Å². The normalized spacial score (nSPS) is 15.7. The van der Waals surface area contributed by atoms with E-state index in [2.05, 4.69) is 20.5 Å². The largest absolute Gasteiger partial charge is 0.393 e. The van der Waals surface area contributed by atoms with Crippen molar-refractivity contribution in [1.29, 1.82) is 0 Å². The SMILES string of the molecule is CC(C)C(O)CCNC(=O)NCc1ccc(N2CCCC2)nc1. The highest BCUT2D eigenvalue weighted by Gasteiger charge is 2.13. The highest BCUT2D eigenvalue weighted by molar-refractivity contribution is 5.73. The van der Waals surface area contributed by atoms with E-state index in [4.69, 9.17) is 0 Å². The van der Waals surface area contributed by atoms with Crippen LogP contribution in [0.4, 0.5) is 10.6 Å². The number of aliphatic hydroxyl groups excluding tert-OH is 1. The third kappa shape index (κ3) is 5.71. The monoisotopic (exact) mass is 320 g/mol. The number of hydrogen-bond donors (Lipinski definition) is 3. The van der Waals surface area contributed by atoms with Gasteiger partial charge in [-0.25, -0.2) is 9.78 Å². The molecule has 1 atom stereocenters. The Bertz CT molecular complexity index is 484. The fourth-order valence-electron chi connectivity index (χ4n) is 2.57. The fourth-order valence-corrected chi connectivity index (χ4v) is 2.57. The average molecular weight is 320 g/mol. The van der Waals surface area contributed by atoms with Crippen molar-refractivity contribution < 1.29 is 9.90 Å². The standard InChI is InChI=1S/C17H28N4O2/c1-13(2)15(22)7-8-18-17(23)20-12-14-5-6-16(19-11-14)21-9-3-4-10-21/h5-6,11,13,15,22H,3-4,7-10,12H2,1-2H3,(H2,18,20,23). The molecule has 1 fully saturated rings. The number of nitrogens with one attached hydrogen (secondary N) is 2. The minimum absolute atomic E-state index is 0.208. The van der Waals surface area contributed by atoms with Crippen LogP contribution in [0.5, 0.6) is 0 Å². The summed E-state index contributed by atoms with van der Waals surface area (Å²) in [6, 6.07) is 3.80. The van der Waals surface area contributed by atoms with Crippen LogP contribution in [0.25, 0.3) is 0 Å². The van der Waals surface area contributed by atoms with Crippen LogP contribution in [-0.2, 0) is 6.54 Å². The van der Waals surface area contributed by atoms with Crippen molar-refractivity contribution in [3.8, 4) is 0 Å². The maximum Gasteiger partial charge on any atom is 0.315 e. The maximum absolute atomic E-state index is 11.7. The molecule has 1 aliphatic rings. The molecule has 3 N–H and O–H groups in total. The van der Waals surface area contributed by atoms with Gasteiger partial charge in [0.2, 0.25) is 0 Å². The summed E-state index contributed by atoms with van der Waals surface area (Å²) < 4.78 is 0. The predicted molar refractivity (Wildman–Crippen MR) is 91.4 cm³/mol. The predicted octanol–water partition coefficient (Wildman–Crippen LogP) is 1.89. The Morgan fingerprint density at radius 2 is 2.04 bits per heavy atom. The first-order valence-corrected chi connectivity index (χ1v) is 8.46. The molecule has 2 rings (SSSR count). The Morgan fingerprint density at radius 3 is 2.65 bits per heavy atom. The molecule has 6 heteroatoms. The van der Waals surface area contributed by atoms with E-state index in [-0.39, 0.29) is 18.1 Å². The van der Waals surface area contributed by atoms with Gasteiger partial charge in [-0.1, -0.05) is 19.9 Å². The summed E-state index contributed by atoms with van der Waals surface area (Å²) in [5.74, 6) is 1.22. The maximum atomic E-state index is 11.7. The third-order valence-corrected chi connectivity index (χ3v) is 4.19. The zero-order valence-corrected chi connectivity index (χ0v) is 14.1. The lowest BCUT2D eigenvalue weighted by Gasteiger charge is -2.16. The van der Waals surface area contributed by atoms with Gasteiger partial charge < -0.3 is 20.6 Å². The number of carbonyl (C=O) groups excluding carboxylic acids is 1. The summed E-state index contributed by atoms with van der Waals surface area (Å²) in [5.41, 5.74) is 0.977. The van der Waals surface area contributed by atoms with Crippen molar-refractivity contribution in [2.45, 2.75) is 45.8 Å². The van der Waals surface area contributed by atoms with Crippen molar-refractivity contribution in [3.05, 3.63) is 23.9 Å². The zero-order chi connectivity index (χ0) is 16.7. The first-order chi connectivity index (χ1) is 11.1. The van der Waals surface area contributed by atoms with Crippen molar-refractivity contribution in [2.75, 3.05) is 24.5 Å². The van der Waals surface area contributed by atoms with Crippen LogP contribution in [0.15, 0.2) is 18.3 Å². The van der Waals surface area contributed by atoms with Gasteiger partial charge in [0.25, 0.3) is 0 Å². The number of urea groups is 1. The Labute approximate surface area is 138 Å². The topological polar surface area (TPSA) is 77.5 Å². The average Bonchev–Trinajstić information content (AvgIpc) is 3.07. The van der Waals surface area contributed by atoms with Crippen molar-refractivity contribution in [1.82, 2.24) is 15.6 Å². The summed E-state index contributed by atoms with van der Waals surface area (Å²) in [7, 11) is 0. The number of aromatic nitrogens is 1. The molecule has 2 amide bonds. The highest BCUT2D eigenvalue weighted by atomic mass is 16.3. The highest BCUT2D eigenvalue weighted by Crippen LogP contribution is 2.17. The van der Waals surface area contributed by atoms with E-state index in [9.17, 15) is 9.90 Å². The molecule has 0 spiro atoms.